The van der Waals surface area contributed by atoms with E-state index >= 15 is 0 Å². The minimum atomic E-state index is -2.07. The van der Waals surface area contributed by atoms with Crippen LogP contribution in [0, 0.1) is 0 Å². The average molecular weight is 982 g/mol. The summed E-state index contributed by atoms with van der Waals surface area (Å²) in [5.41, 5.74) is 10.6. The number of carbonyl (C=O) groups is 3. The van der Waals surface area contributed by atoms with Crippen LogP contribution in [0.3, 0.4) is 0 Å². The molecule has 380 valence electrons. The van der Waals surface area contributed by atoms with Gasteiger partial charge in [0, 0.05) is 30.9 Å². The number of aryl methyl sites for hydroxylation is 4. The number of aliphatic hydroxyl groups is 2. The lowest BCUT2D eigenvalue weighted by Gasteiger charge is -2.44. The normalized spacial score (nSPS) is 12.6. The molecule has 0 aliphatic carbocycles. The number of nitrogens with two attached hydrogens (primary N) is 1. The highest BCUT2D eigenvalue weighted by Crippen LogP contribution is 2.39. The van der Waals surface area contributed by atoms with Crippen molar-refractivity contribution in [2.45, 2.75) is 173 Å². The SMILES string of the molecule is CC(=O)NC(CCc1ccc(C(=O)CCCCc2ccccc2)cc1)(CO[Si](C)(C)C(C)(C)C)CO[Si](C)(C)C(C)(C)C.NC(CO)(CO)CCc1ccc(C(=O)CCCCc2ccccc2)cc1. The number of carbonyl (C=O) groups excluding carboxylic acids is 3. The lowest BCUT2D eigenvalue weighted by Crippen LogP contribution is -2.59. The van der Waals surface area contributed by atoms with Crippen molar-refractivity contribution in [3.63, 3.8) is 0 Å². The van der Waals surface area contributed by atoms with Gasteiger partial charge in [-0.15, -0.1) is 0 Å². The molecule has 11 heteroatoms. The first-order valence-corrected chi connectivity index (χ1v) is 31.0. The van der Waals surface area contributed by atoms with E-state index in [1.54, 1.807) is 6.92 Å². The lowest BCUT2D eigenvalue weighted by molar-refractivity contribution is -0.122. The third-order valence-corrected chi connectivity index (χ3v) is 23.3. The van der Waals surface area contributed by atoms with Gasteiger partial charge in [-0.25, -0.2) is 0 Å². The van der Waals surface area contributed by atoms with Crippen molar-refractivity contribution in [2.24, 2.45) is 5.73 Å². The zero-order valence-electron chi connectivity index (χ0n) is 44.2. The summed E-state index contributed by atoms with van der Waals surface area (Å²) < 4.78 is 13.5. The molecule has 0 bridgehead atoms. The number of hydrogen-bond donors (Lipinski definition) is 4. The van der Waals surface area contributed by atoms with Gasteiger partial charge >= 0.3 is 0 Å². The van der Waals surface area contributed by atoms with Crippen molar-refractivity contribution in [3.05, 3.63) is 143 Å². The number of rotatable bonds is 27. The van der Waals surface area contributed by atoms with Gasteiger partial charge in [-0.2, -0.15) is 0 Å². The minimum Gasteiger partial charge on any atom is -0.414 e. The molecular formula is C58H88N2O7Si2. The average Bonchev–Trinajstić information content (AvgIpc) is 3.31. The van der Waals surface area contributed by atoms with Crippen LogP contribution in [0.15, 0.2) is 109 Å². The van der Waals surface area contributed by atoms with E-state index in [-0.39, 0.29) is 40.8 Å². The number of amides is 1. The fraction of sp³-hybridized carbons (Fsp3) is 0.534. The van der Waals surface area contributed by atoms with Gasteiger partial charge in [-0.3, -0.25) is 14.4 Å². The molecule has 0 aliphatic heterocycles. The highest BCUT2D eigenvalue weighted by Gasteiger charge is 2.44. The van der Waals surface area contributed by atoms with Crippen LogP contribution in [0.5, 0.6) is 0 Å². The van der Waals surface area contributed by atoms with Crippen molar-refractivity contribution < 1.29 is 33.4 Å². The Hall–Kier alpha value is -4.08. The standard InChI is InChI=1S/C36H59NO4Si2.C22H29NO3/c1-29(38)37-36(27-40-42(8,9)34(2,3)4,28-41-43(10,11)35(5,6)7)26-25-31-21-23-32(24-22-31)33(39)20-16-15-19-30-17-13-12-14-18-30;23-22(16-24,17-25)15-14-19-10-12-20(13-11-19)21(26)9-5-4-8-18-6-2-1-3-7-18/h12-14,17-18,21-24H,15-16,19-20,25-28H2,1-11H3,(H,37,38);1-3,6-7,10-13,24-25H,4-5,8-9,14-17,23H2. The maximum Gasteiger partial charge on any atom is 0.217 e. The van der Waals surface area contributed by atoms with Crippen LogP contribution < -0.4 is 11.1 Å². The van der Waals surface area contributed by atoms with Gasteiger partial charge < -0.3 is 30.1 Å². The number of nitrogens with one attached hydrogen (secondary N) is 1. The molecule has 4 aromatic carbocycles. The third-order valence-electron chi connectivity index (χ3n) is 14.4. The minimum absolute atomic E-state index is 0.0547. The molecule has 0 aliphatic rings. The number of ketones is 2. The Morgan fingerprint density at radius 1 is 0.522 bits per heavy atom. The topological polar surface area (TPSA) is 148 Å². The van der Waals surface area contributed by atoms with Gasteiger partial charge in [-0.1, -0.05) is 151 Å². The predicted molar refractivity (Wildman–Crippen MR) is 290 cm³/mol. The summed E-state index contributed by atoms with van der Waals surface area (Å²) in [6.07, 6.45) is 9.49. The molecule has 4 rings (SSSR count). The molecule has 69 heavy (non-hydrogen) atoms. The Labute approximate surface area is 418 Å². The number of Topliss-reactive ketones (excluding diaryl/α,β-unsaturated/α-hetero) is 2. The van der Waals surface area contributed by atoms with E-state index in [9.17, 15) is 24.6 Å². The number of aliphatic hydroxyl groups excluding tert-OH is 2. The highest BCUT2D eigenvalue weighted by atomic mass is 28.4. The first kappa shape index (κ1) is 59.2. The Bertz CT molecular complexity index is 2100. The number of unbranched alkanes of at least 4 members (excludes halogenated alkanes) is 2. The van der Waals surface area contributed by atoms with Gasteiger partial charge in [-0.05, 0) is 123 Å². The summed E-state index contributed by atoms with van der Waals surface area (Å²) in [5, 5.41) is 21.8. The van der Waals surface area contributed by atoms with Crippen LogP contribution in [0.2, 0.25) is 36.3 Å². The molecule has 9 nitrogen and oxygen atoms in total. The maximum atomic E-state index is 12.9. The van der Waals surface area contributed by atoms with Crippen LogP contribution in [0.4, 0.5) is 0 Å². The zero-order chi connectivity index (χ0) is 51.4. The fourth-order valence-corrected chi connectivity index (χ4v) is 9.41. The second-order valence-corrected chi connectivity index (χ2v) is 32.0. The molecule has 0 saturated heterocycles. The molecule has 0 fully saturated rings. The van der Waals surface area contributed by atoms with Crippen LogP contribution in [-0.2, 0) is 39.3 Å². The third kappa shape index (κ3) is 20.7. The molecule has 4 aromatic rings. The van der Waals surface area contributed by atoms with Crippen LogP contribution in [0.1, 0.15) is 143 Å². The van der Waals surface area contributed by atoms with E-state index in [4.69, 9.17) is 14.6 Å². The first-order valence-electron chi connectivity index (χ1n) is 25.2. The summed E-state index contributed by atoms with van der Waals surface area (Å²) in [7, 11) is -4.14. The second-order valence-electron chi connectivity index (χ2n) is 22.4. The van der Waals surface area contributed by atoms with Crippen molar-refractivity contribution in [2.75, 3.05) is 26.4 Å². The Balaban J connectivity index is 0.000000412. The largest absolute Gasteiger partial charge is 0.414 e. The number of benzene rings is 4. The van der Waals surface area contributed by atoms with E-state index in [0.717, 1.165) is 67.2 Å². The first-order chi connectivity index (χ1) is 32.3. The van der Waals surface area contributed by atoms with Crippen molar-refractivity contribution in [1.82, 2.24) is 5.32 Å². The van der Waals surface area contributed by atoms with Gasteiger partial charge in [0.15, 0.2) is 28.2 Å². The van der Waals surface area contributed by atoms with E-state index in [2.05, 4.69) is 122 Å². The number of hydrogen-bond acceptors (Lipinski definition) is 8. The van der Waals surface area contributed by atoms with Crippen molar-refractivity contribution >= 4 is 34.1 Å². The molecule has 0 saturated carbocycles. The van der Waals surface area contributed by atoms with Gasteiger partial charge in [0.05, 0.1) is 37.5 Å². The van der Waals surface area contributed by atoms with Crippen LogP contribution in [0.25, 0.3) is 0 Å². The molecular weight excluding hydrogens is 893 g/mol. The summed E-state index contributed by atoms with van der Waals surface area (Å²) in [5.74, 6) is 0.284. The highest BCUT2D eigenvalue weighted by molar-refractivity contribution is 6.74. The Kier molecular flexibility index (Phi) is 23.6. The Morgan fingerprint density at radius 3 is 1.20 bits per heavy atom. The second kappa shape index (κ2) is 27.5. The zero-order valence-corrected chi connectivity index (χ0v) is 46.2. The summed E-state index contributed by atoms with van der Waals surface area (Å²) in [6, 6.07) is 36.3. The van der Waals surface area contributed by atoms with E-state index < -0.39 is 27.7 Å². The van der Waals surface area contributed by atoms with Gasteiger partial charge in [0.25, 0.3) is 0 Å². The van der Waals surface area contributed by atoms with Crippen molar-refractivity contribution in [3.8, 4) is 0 Å². The predicted octanol–water partition coefficient (Wildman–Crippen LogP) is 12.0. The summed E-state index contributed by atoms with van der Waals surface area (Å²) in [6.45, 7) is 24.3. The van der Waals surface area contributed by atoms with Gasteiger partial charge in [0.1, 0.15) is 0 Å². The van der Waals surface area contributed by atoms with Crippen molar-refractivity contribution in [1.29, 1.82) is 0 Å². The van der Waals surface area contributed by atoms with E-state index in [1.165, 1.54) is 11.1 Å². The monoisotopic (exact) mass is 981 g/mol. The molecule has 5 N–H and O–H groups in total. The maximum absolute atomic E-state index is 12.9. The Morgan fingerprint density at radius 2 is 0.870 bits per heavy atom. The molecule has 0 heterocycles. The smallest absolute Gasteiger partial charge is 0.217 e. The van der Waals surface area contributed by atoms with E-state index in [1.807, 2.05) is 60.7 Å². The molecule has 0 radical (unpaired) electrons. The van der Waals surface area contributed by atoms with Crippen LogP contribution in [-0.4, -0.2) is 81.8 Å². The fourth-order valence-electron chi connectivity index (χ4n) is 7.27. The molecule has 1 amide bonds. The molecule has 0 spiro atoms. The summed E-state index contributed by atoms with van der Waals surface area (Å²) in [4.78, 5) is 37.7. The molecule has 0 atom stereocenters. The van der Waals surface area contributed by atoms with Crippen LogP contribution >= 0.6 is 0 Å². The lowest BCUT2D eigenvalue weighted by atomic mass is 9.92. The van der Waals surface area contributed by atoms with Gasteiger partial charge in [0.2, 0.25) is 5.91 Å². The molecule has 0 aromatic heterocycles. The quantitative estimate of drug-likeness (QED) is 0.0262. The summed E-state index contributed by atoms with van der Waals surface area (Å²) >= 11 is 0. The van der Waals surface area contributed by atoms with E-state index in [0.29, 0.717) is 45.3 Å². The molecule has 0 unspecified atom stereocenters.